The van der Waals surface area contributed by atoms with Crippen LogP contribution in [0.4, 0.5) is 5.69 Å². The maximum atomic E-state index is 12.0. The van der Waals surface area contributed by atoms with E-state index in [0.29, 0.717) is 16.5 Å². The second-order valence-electron chi connectivity index (χ2n) is 6.19. The van der Waals surface area contributed by atoms with Gasteiger partial charge in [-0.25, -0.2) is 8.42 Å². The molecule has 0 saturated carbocycles. The molecule has 1 unspecified atom stereocenters. The molecular weight excluding hydrogens is 358 g/mol. The van der Waals surface area contributed by atoms with Gasteiger partial charge >= 0.3 is 0 Å². The lowest BCUT2D eigenvalue weighted by Crippen LogP contribution is -2.43. The number of benzene rings is 2. The molecule has 2 aromatic carbocycles. The topological polar surface area (TPSA) is 136 Å². The number of aromatic hydroxyl groups is 1. The lowest BCUT2D eigenvalue weighted by molar-refractivity contribution is -0.134. The molecule has 4 N–H and O–H groups in total. The third-order valence-corrected chi connectivity index (χ3v) is 4.76. The lowest BCUT2D eigenvalue weighted by atomic mass is 9.86. The van der Waals surface area contributed by atoms with E-state index in [0.717, 1.165) is 6.26 Å². The number of fused-ring (bicyclic) bond motifs is 1. The van der Waals surface area contributed by atoms with Crippen molar-refractivity contribution in [2.24, 2.45) is 5.92 Å². The van der Waals surface area contributed by atoms with Gasteiger partial charge in [0, 0.05) is 17.7 Å². The van der Waals surface area contributed by atoms with Gasteiger partial charge in [0.05, 0.1) is 17.9 Å². The van der Waals surface area contributed by atoms with Gasteiger partial charge in [0.2, 0.25) is 21.8 Å². The molecule has 136 valence electrons. The van der Waals surface area contributed by atoms with Crippen LogP contribution in [0.5, 0.6) is 5.75 Å². The highest BCUT2D eigenvalue weighted by molar-refractivity contribution is 7.92. The average molecular weight is 375 g/mol. The van der Waals surface area contributed by atoms with Gasteiger partial charge in [-0.1, -0.05) is 12.1 Å². The van der Waals surface area contributed by atoms with Crippen LogP contribution in [0.1, 0.15) is 18.4 Å². The summed E-state index contributed by atoms with van der Waals surface area (Å²) in [6.45, 7) is 0. The molecule has 2 amide bonds. The molecule has 0 bridgehead atoms. The number of imide groups is 1. The first kappa shape index (κ1) is 17.9. The number of hydrogen-bond donors (Lipinski definition) is 4. The second-order valence-corrected chi connectivity index (χ2v) is 7.94. The molecule has 0 spiro atoms. The van der Waals surface area contributed by atoms with Crippen LogP contribution in [0.15, 0.2) is 30.3 Å². The van der Waals surface area contributed by atoms with Gasteiger partial charge < -0.3 is 10.5 Å². The highest BCUT2D eigenvalue weighted by atomic mass is 32.2. The van der Waals surface area contributed by atoms with Crippen LogP contribution in [0, 0.1) is 11.3 Å². The van der Waals surface area contributed by atoms with Crippen LogP contribution < -0.4 is 10.0 Å². The first-order valence-electron chi connectivity index (χ1n) is 7.82. The van der Waals surface area contributed by atoms with Crippen LogP contribution in [-0.2, 0) is 19.6 Å². The number of carbonyl (C=O) groups excluding carboxylic acids is 2. The number of phenols is 1. The lowest BCUT2D eigenvalue weighted by Gasteiger charge is -2.23. The number of sulfonamides is 1. The number of amides is 2. The smallest absolute Gasteiger partial charge is 0.235 e. The van der Waals surface area contributed by atoms with Crippen molar-refractivity contribution < 1.29 is 23.1 Å². The zero-order valence-electron chi connectivity index (χ0n) is 13.9. The summed E-state index contributed by atoms with van der Waals surface area (Å²) in [4.78, 5) is 23.3. The van der Waals surface area contributed by atoms with Crippen molar-refractivity contribution in [2.45, 2.75) is 12.8 Å². The van der Waals surface area contributed by atoms with E-state index in [1.807, 2.05) is 0 Å². The van der Waals surface area contributed by atoms with Gasteiger partial charge in [-0.3, -0.25) is 19.6 Å². The molecule has 0 aliphatic carbocycles. The van der Waals surface area contributed by atoms with E-state index in [1.165, 1.54) is 12.1 Å². The summed E-state index contributed by atoms with van der Waals surface area (Å²) in [5, 5.41) is 22.0. The monoisotopic (exact) mass is 375 g/mol. The van der Waals surface area contributed by atoms with Gasteiger partial charge in [-0.15, -0.1) is 0 Å². The van der Waals surface area contributed by atoms with Crippen molar-refractivity contribution in [1.82, 2.24) is 5.32 Å². The molecule has 3 rings (SSSR count). The minimum Gasteiger partial charge on any atom is -0.507 e. The summed E-state index contributed by atoms with van der Waals surface area (Å²) in [6, 6.07) is 7.67. The Morgan fingerprint density at radius 1 is 1.27 bits per heavy atom. The maximum Gasteiger partial charge on any atom is 0.235 e. The van der Waals surface area contributed by atoms with E-state index in [2.05, 4.69) is 10.0 Å². The van der Waals surface area contributed by atoms with Gasteiger partial charge in [-0.2, -0.15) is 0 Å². The predicted octanol–water partition coefficient (Wildman–Crippen LogP) is 1.34. The van der Waals surface area contributed by atoms with E-state index in [-0.39, 0.29) is 35.8 Å². The SMILES string of the molecule is CS(=O)(=O)Nc1ccc2c(C(=N)C3CCC(=O)NC3=O)c(O)ccc2c1. The Morgan fingerprint density at radius 3 is 2.65 bits per heavy atom. The predicted molar refractivity (Wildman–Crippen MR) is 96.8 cm³/mol. The fraction of sp³-hybridized carbons (Fsp3) is 0.235. The fourth-order valence-corrected chi connectivity index (χ4v) is 3.58. The number of anilines is 1. The minimum atomic E-state index is -3.44. The fourth-order valence-electron chi connectivity index (χ4n) is 3.02. The zero-order valence-corrected chi connectivity index (χ0v) is 14.7. The average Bonchev–Trinajstić information content (AvgIpc) is 2.53. The van der Waals surface area contributed by atoms with Crippen molar-refractivity contribution in [3.05, 3.63) is 35.9 Å². The zero-order chi connectivity index (χ0) is 19.1. The van der Waals surface area contributed by atoms with E-state index in [1.54, 1.807) is 18.2 Å². The summed E-state index contributed by atoms with van der Waals surface area (Å²) in [5.74, 6) is -1.93. The van der Waals surface area contributed by atoms with Crippen LogP contribution in [-0.4, -0.2) is 37.3 Å². The summed E-state index contributed by atoms with van der Waals surface area (Å²) in [6.07, 6.45) is 1.37. The van der Waals surface area contributed by atoms with Crippen molar-refractivity contribution in [1.29, 1.82) is 5.41 Å². The van der Waals surface area contributed by atoms with E-state index < -0.39 is 21.8 Å². The molecule has 26 heavy (non-hydrogen) atoms. The number of rotatable bonds is 4. The molecule has 8 nitrogen and oxygen atoms in total. The van der Waals surface area contributed by atoms with Crippen molar-refractivity contribution in [3.8, 4) is 5.75 Å². The first-order chi connectivity index (χ1) is 12.2. The molecule has 9 heteroatoms. The van der Waals surface area contributed by atoms with Crippen LogP contribution in [0.2, 0.25) is 0 Å². The Bertz CT molecular complexity index is 1050. The number of nitrogens with one attached hydrogen (secondary N) is 3. The number of phenolic OH excluding ortho intramolecular Hbond substituents is 1. The van der Waals surface area contributed by atoms with Crippen LogP contribution >= 0.6 is 0 Å². The third kappa shape index (κ3) is 3.52. The Labute approximate surface area is 149 Å². The Kier molecular flexibility index (Phi) is 4.41. The van der Waals surface area contributed by atoms with Crippen molar-refractivity contribution in [2.75, 3.05) is 11.0 Å². The van der Waals surface area contributed by atoms with E-state index in [9.17, 15) is 23.1 Å². The normalized spacial score (nSPS) is 17.8. The Morgan fingerprint density at radius 2 is 2.00 bits per heavy atom. The van der Waals surface area contributed by atoms with Crippen molar-refractivity contribution >= 4 is 44.0 Å². The van der Waals surface area contributed by atoms with E-state index >= 15 is 0 Å². The molecule has 1 heterocycles. The largest absolute Gasteiger partial charge is 0.507 e. The molecule has 1 saturated heterocycles. The van der Waals surface area contributed by atoms with Gasteiger partial charge in [-0.05, 0) is 35.4 Å². The molecular formula is C17H17N3O5S. The summed E-state index contributed by atoms with van der Waals surface area (Å²) < 4.78 is 25.1. The van der Waals surface area contributed by atoms with Gasteiger partial charge in [0.1, 0.15) is 5.75 Å². The third-order valence-electron chi connectivity index (χ3n) is 4.16. The van der Waals surface area contributed by atoms with Crippen LogP contribution in [0.3, 0.4) is 0 Å². The van der Waals surface area contributed by atoms with E-state index in [4.69, 9.17) is 5.41 Å². The number of carbonyl (C=O) groups is 2. The molecule has 1 fully saturated rings. The Hall–Kier alpha value is -2.94. The number of piperidine rings is 1. The quantitative estimate of drug-likeness (QED) is 0.472. The second kappa shape index (κ2) is 6.41. The van der Waals surface area contributed by atoms with Crippen molar-refractivity contribution in [3.63, 3.8) is 0 Å². The summed E-state index contributed by atoms with van der Waals surface area (Å²) in [5.41, 5.74) is 0.467. The molecule has 1 aliphatic rings. The molecule has 0 aromatic heterocycles. The first-order valence-corrected chi connectivity index (χ1v) is 9.71. The molecule has 0 radical (unpaired) electrons. The van der Waals surface area contributed by atoms with Gasteiger partial charge in [0.25, 0.3) is 0 Å². The Balaban J connectivity index is 2.05. The molecule has 1 atom stereocenters. The molecule has 2 aromatic rings. The highest BCUT2D eigenvalue weighted by Gasteiger charge is 2.32. The highest BCUT2D eigenvalue weighted by Crippen LogP contribution is 2.32. The molecule has 1 aliphatic heterocycles. The summed E-state index contributed by atoms with van der Waals surface area (Å²) in [7, 11) is -3.44. The van der Waals surface area contributed by atoms with Gasteiger partial charge in [0.15, 0.2) is 0 Å². The minimum absolute atomic E-state index is 0.0816. The van der Waals surface area contributed by atoms with Crippen LogP contribution in [0.25, 0.3) is 10.8 Å². The maximum absolute atomic E-state index is 12.0. The number of hydrogen-bond acceptors (Lipinski definition) is 6. The summed E-state index contributed by atoms with van der Waals surface area (Å²) >= 11 is 0. The standard InChI is InChI=1S/C17H17N3O5S/c1-26(24,25)20-10-3-4-11-9(8-10)2-6-13(21)15(11)16(18)12-5-7-14(22)19-17(12)23/h2-4,6,8,12,18,20-21H,5,7H2,1H3,(H,19,22,23).